The van der Waals surface area contributed by atoms with Crippen molar-refractivity contribution in [3.8, 4) is 12.3 Å². The molecule has 4 aromatic rings. The van der Waals surface area contributed by atoms with Gasteiger partial charge in [0.15, 0.2) is 17.6 Å². The van der Waals surface area contributed by atoms with Gasteiger partial charge in [-0.1, -0.05) is 43.0 Å². The summed E-state index contributed by atoms with van der Waals surface area (Å²) in [4.78, 5) is 72.4. The molecular weight excluding hydrogens is 969 g/mol. The van der Waals surface area contributed by atoms with Crippen molar-refractivity contribution in [2.24, 2.45) is 28.6 Å². The molecule has 2 heterocycles. The number of ketones is 2. The Labute approximate surface area is 424 Å². The molecule has 6 atom stereocenters. The van der Waals surface area contributed by atoms with Gasteiger partial charge in [0.25, 0.3) is 5.65 Å². The minimum absolute atomic E-state index is 0.00636. The predicted molar refractivity (Wildman–Crippen MR) is 267 cm³/mol. The number of rotatable bonds is 31. The highest BCUT2D eigenvalue weighted by atomic mass is 32.2. The van der Waals surface area contributed by atoms with Crippen LogP contribution in [0.2, 0.25) is 0 Å². The largest absolute Gasteiger partial charge is 0.390 e. The lowest BCUT2D eigenvalue weighted by Crippen LogP contribution is -2.45. The van der Waals surface area contributed by atoms with Crippen LogP contribution in [0.1, 0.15) is 76.5 Å². The number of imidazole rings is 1. The second kappa shape index (κ2) is 28.1. The van der Waals surface area contributed by atoms with E-state index in [1.165, 1.54) is 13.3 Å². The van der Waals surface area contributed by atoms with E-state index in [4.69, 9.17) is 35.7 Å². The van der Waals surface area contributed by atoms with Crippen LogP contribution in [0.15, 0.2) is 61.2 Å². The second-order valence-corrected chi connectivity index (χ2v) is 19.3. The third-order valence-corrected chi connectivity index (χ3v) is 12.5. The van der Waals surface area contributed by atoms with Crippen LogP contribution < -0.4 is 36.7 Å². The van der Waals surface area contributed by atoms with E-state index in [2.05, 4.69) is 37.2 Å². The number of carbonyl (C=O) groups is 5. The summed E-state index contributed by atoms with van der Waals surface area (Å²) >= 11 is 0. The molecule has 0 radical (unpaired) electrons. The molecule has 1 aliphatic rings. The standard InChI is InChI=1S/C49H66N10O13S/c1-5-33-8-6-10-38(24-33)55-46-43-48(59(30-53-43)39-25-36(44(63)45(39)64)28-72-73(51,67)68)58(29-54-46)27-34-11-13-37(14-12-34)56-47(65)35(9-7-17-52-49(50)66)26-40(61)42(31(2)3)57-41(62)16-19-70-21-23-71-22-20-69-18-15-32(4)60/h1,6,8,10-14,24,29-31,35-36,39,42,44-45,63-64H,7,9,15-23,25-28H2,2-4H3,(H7,50,51,52,56,57,62,65,66,67,68)/p+1/t35-,36-,39-,42+,44-,45+/m1/s1. The fraction of sp³-hybridized carbons (Fsp3) is 0.510. The highest BCUT2D eigenvalue weighted by Crippen LogP contribution is 2.38. The summed E-state index contributed by atoms with van der Waals surface area (Å²) < 4.78 is 47.7. The maximum Gasteiger partial charge on any atom is 0.333 e. The monoisotopic (exact) mass is 1040 g/mol. The molecule has 1 aliphatic carbocycles. The van der Waals surface area contributed by atoms with Crippen molar-refractivity contribution in [3.05, 3.63) is 72.3 Å². The summed E-state index contributed by atoms with van der Waals surface area (Å²) in [6.45, 7) is 6.67. The van der Waals surface area contributed by atoms with E-state index in [1.807, 2.05) is 6.07 Å². The molecule has 2 aromatic heterocycles. The SMILES string of the molecule is C#Cc1cccc(Nc2nc[n+](Cc3ccc(NC(=O)[C@H](CCCNC(N)=O)CC(=O)[C@@H](NC(=O)CCOCCOCCOCCC(C)=O)C(C)C)cc3)c3c2ncn3[C@@H]2C[C@H](COS(N)(=O)=O)[C@@H](O)[C@H]2O)c1. The van der Waals surface area contributed by atoms with Crippen LogP contribution in [-0.2, 0) is 54.4 Å². The van der Waals surface area contributed by atoms with E-state index in [1.54, 1.807) is 71.8 Å². The third kappa shape index (κ3) is 18.2. The number of hydrogen-bond acceptors (Lipinski definition) is 16. The number of nitrogens with two attached hydrogens (primary N) is 2. The number of fused-ring (bicyclic) bond motifs is 1. The summed E-state index contributed by atoms with van der Waals surface area (Å²) in [6, 6.07) is 11.7. The van der Waals surface area contributed by atoms with Crippen molar-refractivity contribution in [3.63, 3.8) is 0 Å². The Bertz CT molecular complexity index is 2660. The zero-order valence-corrected chi connectivity index (χ0v) is 42.1. The maximum absolute atomic E-state index is 13.9. The Morgan fingerprint density at radius 2 is 1.63 bits per heavy atom. The van der Waals surface area contributed by atoms with Crippen LogP contribution in [0, 0.1) is 30.1 Å². The van der Waals surface area contributed by atoms with Crippen molar-refractivity contribution < 1.29 is 65.6 Å². The number of carbonyl (C=O) groups excluding carboxylic acids is 5. The molecule has 0 saturated heterocycles. The molecular formula is C49H67N10O13S+. The highest BCUT2D eigenvalue weighted by molar-refractivity contribution is 7.84. The van der Waals surface area contributed by atoms with Gasteiger partial charge in [-0.05, 0) is 68.0 Å². The minimum Gasteiger partial charge on any atom is -0.390 e. The van der Waals surface area contributed by atoms with Gasteiger partial charge in [0.05, 0.1) is 64.9 Å². The number of Topliss-reactive ketones (excluding diaryl/α,β-unsaturated/α-hetero) is 2. The van der Waals surface area contributed by atoms with Crippen LogP contribution in [0.5, 0.6) is 0 Å². The van der Waals surface area contributed by atoms with Gasteiger partial charge in [-0.25, -0.2) is 24.1 Å². The van der Waals surface area contributed by atoms with E-state index in [-0.39, 0.29) is 76.1 Å². The quantitative estimate of drug-likeness (QED) is 0.0201. The Morgan fingerprint density at radius 1 is 0.945 bits per heavy atom. The smallest absolute Gasteiger partial charge is 0.333 e. The number of nitrogens with one attached hydrogen (secondary N) is 4. The fourth-order valence-corrected chi connectivity index (χ4v) is 8.59. The summed E-state index contributed by atoms with van der Waals surface area (Å²) in [5.41, 5.74) is 8.62. The van der Waals surface area contributed by atoms with Gasteiger partial charge in [0.2, 0.25) is 24.0 Å². The minimum atomic E-state index is -4.31. The van der Waals surface area contributed by atoms with E-state index in [0.29, 0.717) is 66.6 Å². The Balaban J connectivity index is 1.26. The summed E-state index contributed by atoms with van der Waals surface area (Å²) in [6.07, 6.45) is 6.86. The Morgan fingerprint density at radius 3 is 2.27 bits per heavy atom. The number of benzene rings is 2. The molecule has 1 saturated carbocycles. The lowest BCUT2D eigenvalue weighted by molar-refractivity contribution is -0.668. The number of aliphatic hydroxyl groups excluding tert-OH is 2. The molecule has 73 heavy (non-hydrogen) atoms. The molecule has 5 rings (SSSR count). The first-order valence-electron chi connectivity index (χ1n) is 23.9. The summed E-state index contributed by atoms with van der Waals surface area (Å²) in [7, 11) is -4.31. The first-order chi connectivity index (χ1) is 34.8. The Kier molecular flexibility index (Phi) is 22.2. The zero-order chi connectivity index (χ0) is 53.1. The van der Waals surface area contributed by atoms with Crippen molar-refractivity contribution in [1.82, 2.24) is 25.2 Å². The number of aromatic nitrogens is 4. The number of urea groups is 1. The molecule has 24 heteroatoms. The average Bonchev–Trinajstić information content (AvgIpc) is 3.91. The van der Waals surface area contributed by atoms with E-state index in [9.17, 15) is 42.6 Å². The third-order valence-electron chi connectivity index (χ3n) is 12.0. The number of terminal acetylenes is 1. The normalized spacial score (nSPS) is 17.5. The van der Waals surface area contributed by atoms with Crippen molar-refractivity contribution in [2.75, 3.05) is 63.4 Å². The lowest BCUT2D eigenvalue weighted by Gasteiger charge is -2.24. The summed E-state index contributed by atoms with van der Waals surface area (Å²) in [5, 5.41) is 38.7. The van der Waals surface area contributed by atoms with Crippen molar-refractivity contribution in [2.45, 2.75) is 90.1 Å². The number of primary amides is 1. The molecule has 10 N–H and O–H groups in total. The number of ether oxygens (including phenoxy) is 3. The molecule has 0 unspecified atom stereocenters. The Hall–Kier alpha value is -6.43. The molecule has 1 fully saturated rings. The van der Waals surface area contributed by atoms with Crippen LogP contribution in [0.3, 0.4) is 0 Å². The van der Waals surface area contributed by atoms with Crippen LogP contribution in [0.25, 0.3) is 11.2 Å². The second-order valence-electron chi connectivity index (χ2n) is 18.0. The van der Waals surface area contributed by atoms with Gasteiger partial charge < -0.3 is 51.4 Å². The molecule has 0 bridgehead atoms. The molecule has 23 nitrogen and oxygen atoms in total. The van der Waals surface area contributed by atoms with Crippen LogP contribution in [0.4, 0.5) is 22.0 Å². The number of hydrogen-bond donors (Lipinski definition) is 8. The van der Waals surface area contributed by atoms with Crippen LogP contribution >= 0.6 is 0 Å². The fourth-order valence-electron chi connectivity index (χ4n) is 8.22. The van der Waals surface area contributed by atoms with Crippen LogP contribution in [-0.4, -0.2) is 134 Å². The number of nitrogens with zero attached hydrogens (tertiary/aromatic N) is 4. The van der Waals surface area contributed by atoms with Gasteiger partial charge in [0, 0.05) is 54.6 Å². The molecule has 0 spiro atoms. The first kappa shape index (κ1) is 57.5. The zero-order valence-electron chi connectivity index (χ0n) is 41.2. The highest BCUT2D eigenvalue weighted by Gasteiger charge is 2.46. The topological polar surface area (TPSA) is 332 Å². The average molecular weight is 1040 g/mol. The van der Waals surface area contributed by atoms with E-state index >= 15 is 0 Å². The number of amides is 4. The van der Waals surface area contributed by atoms with Crippen molar-refractivity contribution in [1.29, 1.82) is 0 Å². The van der Waals surface area contributed by atoms with Gasteiger partial charge in [-0.2, -0.15) is 8.42 Å². The number of aliphatic hydroxyl groups is 2. The lowest BCUT2D eigenvalue weighted by atomic mass is 9.89. The maximum atomic E-state index is 13.9. The predicted octanol–water partition coefficient (Wildman–Crippen LogP) is 1.52. The molecule has 4 amide bonds. The van der Waals surface area contributed by atoms with Gasteiger partial charge in [0.1, 0.15) is 17.9 Å². The molecule has 2 aromatic carbocycles. The van der Waals surface area contributed by atoms with Gasteiger partial charge in [-0.3, -0.25) is 23.4 Å². The van der Waals surface area contributed by atoms with E-state index in [0.717, 1.165) is 5.56 Å². The van der Waals surface area contributed by atoms with Crippen molar-refractivity contribution >= 4 is 68.1 Å². The van der Waals surface area contributed by atoms with Gasteiger partial charge in [-0.15, -0.1) is 6.42 Å². The molecule has 0 aliphatic heterocycles. The first-order valence-corrected chi connectivity index (χ1v) is 25.4. The summed E-state index contributed by atoms with van der Waals surface area (Å²) in [5.74, 6) is -0.0843. The van der Waals surface area contributed by atoms with E-state index < -0.39 is 70.9 Å². The number of anilines is 3. The van der Waals surface area contributed by atoms with Gasteiger partial charge >= 0.3 is 16.3 Å². The molecule has 396 valence electrons.